The van der Waals surface area contributed by atoms with Crippen molar-refractivity contribution in [2.24, 2.45) is 10.7 Å². The third kappa shape index (κ3) is 4.85. The normalized spacial score (nSPS) is 14.9. The van der Waals surface area contributed by atoms with Gasteiger partial charge in [0.05, 0.1) is 7.05 Å². The zero-order chi connectivity index (χ0) is 25.2. The molecule has 1 aliphatic heterocycles. The number of nitrogens with zero attached hydrogens (tertiary/aromatic N) is 3. The number of carbonyl (C=O) groups excluding carboxylic acids is 5. The van der Waals surface area contributed by atoms with Crippen molar-refractivity contribution < 1.29 is 42.4 Å². The maximum Gasteiger partial charge on any atom is 0.451 e. The minimum atomic E-state index is -0.962. The molecule has 0 spiro atoms. The molecule has 0 fully saturated rings. The minimum absolute atomic E-state index is 0.112. The number of benzene rings is 2. The molecule has 0 aromatic heterocycles. The molecule has 0 saturated carbocycles. The van der Waals surface area contributed by atoms with Crippen LogP contribution in [0.3, 0.4) is 0 Å². The van der Waals surface area contributed by atoms with E-state index in [1.165, 1.54) is 31.3 Å². The lowest BCUT2D eigenvalue weighted by Gasteiger charge is -2.20. The molecule has 2 N–H and O–H groups in total. The minimum Gasteiger partial charge on any atom is -0.423 e. The largest absolute Gasteiger partial charge is 0.451 e. The van der Waals surface area contributed by atoms with E-state index in [9.17, 15) is 28.4 Å². The number of nitrogens with two attached hydrogens (primary N) is 1. The molecule has 34 heavy (non-hydrogen) atoms. The third-order valence-electron chi connectivity index (χ3n) is 4.47. The van der Waals surface area contributed by atoms with Crippen LogP contribution in [0.2, 0.25) is 0 Å². The van der Waals surface area contributed by atoms with Crippen molar-refractivity contribution in [2.75, 3.05) is 7.05 Å². The van der Waals surface area contributed by atoms with Crippen molar-refractivity contribution in [2.45, 2.75) is 13.8 Å². The lowest BCUT2D eigenvalue weighted by Crippen LogP contribution is -2.55. The first-order chi connectivity index (χ1) is 16.0. The summed E-state index contributed by atoms with van der Waals surface area (Å²) in [6.45, 7) is 2.25. The van der Waals surface area contributed by atoms with Crippen molar-refractivity contribution in [3.8, 4) is 11.5 Å². The molecule has 11 nitrogen and oxygen atoms in total. The molecule has 12 heteroatoms. The van der Waals surface area contributed by atoms with Crippen LogP contribution in [0.4, 0.5) is 14.9 Å². The number of hydrogen-bond donors (Lipinski definition) is 1. The Hall–Kier alpha value is -4.74. The number of rotatable bonds is 4. The van der Waals surface area contributed by atoms with Gasteiger partial charge in [0.15, 0.2) is 11.5 Å². The zero-order valence-electron chi connectivity index (χ0n) is 18.2. The van der Waals surface area contributed by atoms with Crippen molar-refractivity contribution >= 4 is 47.0 Å². The molecule has 2 aromatic carbocycles. The summed E-state index contributed by atoms with van der Waals surface area (Å²) in [6, 6.07) is 7.43. The van der Waals surface area contributed by atoms with Gasteiger partial charge in [-0.1, -0.05) is 0 Å². The molecule has 0 bridgehead atoms. The molecule has 0 atom stereocenters. The molecule has 3 rings (SSSR count). The van der Waals surface area contributed by atoms with Crippen molar-refractivity contribution in [3.63, 3.8) is 0 Å². The number of halogens is 1. The van der Waals surface area contributed by atoms with Crippen LogP contribution in [0.1, 0.15) is 24.2 Å². The van der Waals surface area contributed by atoms with Crippen LogP contribution in [0, 0.1) is 5.82 Å². The van der Waals surface area contributed by atoms with Gasteiger partial charge >= 0.3 is 23.9 Å². The molecular formula is C22H18FN4O7+. The predicted molar refractivity (Wildman–Crippen MR) is 115 cm³/mol. The Morgan fingerprint density at radius 2 is 1.56 bits per heavy atom. The number of amidine groups is 1. The van der Waals surface area contributed by atoms with Crippen molar-refractivity contribution in [1.82, 2.24) is 4.90 Å². The van der Waals surface area contributed by atoms with Crippen molar-refractivity contribution in [1.29, 1.82) is 0 Å². The maximum atomic E-state index is 13.3. The van der Waals surface area contributed by atoms with Gasteiger partial charge in [-0.2, -0.15) is 14.5 Å². The second-order valence-corrected chi connectivity index (χ2v) is 6.96. The molecule has 1 aliphatic rings. The molecule has 0 unspecified atom stereocenters. The lowest BCUT2D eigenvalue weighted by atomic mass is 10.1. The van der Waals surface area contributed by atoms with Crippen LogP contribution in [-0.4, -0.2) is 57.9 Å². The van der Waals surface area contributed by atoms with Crippen LogP contribution in [0.15, 0.2) is 47.5 Å². The Morgan fingerprint density at radius 1 is 0.971 bits per heavy atom. The topological polar surface area (TPSA) is 148 Å². The fourth-order valence-electron chi connectivity index (χ4n) is 2.94. The van der Waals surface area contributed by atoms with Crippen LogP contribution < -0.4 is 15.2 Å². The van der Waals surface area contributed by atoms with Gasteiger partial charge in [-0.05, 0) is 42.5 Å². The maximum absolute atomic E-state index is 13.3. The fraction of sp³-hybridized carbons (Fsp3) is 0.136. The van der Waals surface area contributed by atoms with Gasteiger partial charge in [0.2, 0.25) is 5.71 Å². The Balaban J connectivity index is 2.08. The average Bonchev–Trinajstić information content (AvgIpc) is 2.77. The highest BCUT2D eigenvalue weighted by atomic mass is 19.1. The van der Waals surface area contributed by atoms with E-state index in [0.29, 0.717) is 4.90 Å². The van der Waals surface area contributed by atoms with Gasteiger partial charge in [-0.15, -0.1) is 0 Å². The summed E-state index contributed by atoms with van der Waals surface area (Å²) >= 11 is 0. The molecular weight excluding hydrogens is 451 g/mol. The SMILES string of the molecule is CC(=O)Oc1ccc(C(=O)N=C2C(=O)N(C)C(=O)[N+](c3ccc(F)cc3)=C2N)cc1OC(C)=O. The fourth-order valence-corrected chi connectivity index (χ4v) is 2.94. The van der Waals surface area contributed by atoms with Crippen LogP contribution >= 0.6 is 0 Å². The highest BCUT2D eigenvalue weighted by Crippen LogP contribution is 2.29. The monoisotopic (exact) mass is 469 g/mol. The summed E-state index contributed by atoms with van der Waals surface area (Å²) in [5, 5.41) is 0. The first-order valence-corrected chi connectivity index (χ1v) is 9.64. The predicted octanol–water partition coefficient (Wildman–Crippen LogP) is 1.55. The number of hydrogen-bond acceptors (Lipinski definition) is 8. The number of urea groups is 1. The van der Waals surface area contributed by atoms with E-state index in [1.807, 2.05) is 0 Å². The van der Waals surface area contributed by atoms with E-state index in [2.05, 4.69) is 4.99 Å². The molecule has 2 aromatic rings. The first kappa shape index (κ1) is 23.9. The molecule has 174 valence electrons. The van der Waals surface area contributed by atoms with E-state index in [4.69, 9.17) is 15.2 Å². The zero-order valence-corrected chi connectivity index (χ0v) is 18.2. The van der Waals surface area contributed by atoms with E-state index in [-0.39, 0.29) is 22.7 Å². The first-order valence-electron chi connectivity index (χ1n) is 9.64. The molecule has 4 amide bonds. The number of aliphatic imine (C=N–C) groups is 1. The van der Waals surface area contributed by atoms with Gasteiger partial charge in [-0.3, -0.25) is 14.4 Å². The summed E-state index contributed by atoms with van der Waals surface area (Å²) < 4.78 is 24.1. The molecule has 0 aliphatic carbocycles. The Bertz CT molecular complexity index is 1300. The highest BCUT2D eigenvalue weighted by molar-refractivity contribution is 6.68. The number of carbonyl (C=O) groups is 5. The van der Waals surface area contributed by atoms with Gasteiger partial charge in [0.1, 0.15) is 11.5 Å². The highest BCUT2D eigenvalue weighted by Gasteiger charge is 2.42. The second-order valence-electron chi connectivity index (χ2n) is 6.96. The summed E-state index contributed by atoms with van der Waals surface area (Å²) in [7, 11) is 1.17. The van der Waals surface area contributed by atoms with Crippen LogP contribution in [-0.2, 0) is 14.4 Å². The number of imide groups is 1. The van der Waals surface area contributed by atoms with Gasteiger partial charge in [0, 0.05) is 19.4 Å². The van der Waals surface area contributed by atoms with E-state index >= 15 is 0 Å². The van der Waals surface area contributed by atoms with Gasteiger partial charge in [-0.25, -0.2) is 14.0 Å². The molecule has 1 heterocycles. The van der Waals surface area contributed by atoms with Crippen molar-refractivity contribution in [3.05, 3.63) is 53.8 Å². The number of esters is 2. The van der Waals surface area contributed by atoms with Gasteiger partial charge < -0.3 is 15.2 Å². The van der Waals surface area contributed by atoms with E-state index < -0.39 is 47.1 Å². The van der Waals surface area contributed by atoms with E-state index in [0.717, 1.165) is 36.6 Å². The number of amides is 4. The Kier molecular flexibility index (Phi) is 6.61. The summed E-state index contributed by atoms with van der Waals surface area (Å²) in [4.78, 5) is 65.2. The Labute approximate surface area is 191 Å². The lowest BCUT2D eigenvalue weighted by molar-refractivity contribution is -0.342. The third-order valence-corrected chi connectivity index (χ3v) is 4.47. The van der Waals surface area contributed by atoms with Gasteiger partial charge in [0.25, 0.3) is 11.7 Å². The smallest absolute Gasteiger partial charge is 0.423 e. The molecule has 0 radical (unpaired) electrons. The summed E-state index contributed by atoms with van der Waals surface area (Å²) in [5.41, 5.74) is 5.49. The van der Waals surface area contributed by atoms with E-state index in [1.54, 1.807) is 0 Å². The molecule has 0 saturated heterocycles. The van der Waals surface area contributed by atoms with Crippen LogP contribution in [0.25, 0.3) is 0 Å². The summed E-state index contributed by atoms with van der Waals surface area (Å²) in [6.07, 6.45) is 0. The quantitative estimate of drug-likeness (QED) is 0.403. The average molecular weight is 469 g/mol. The summed E-state index contributed by atoms with van der Waals surface area (Å²) in [5.74, 6) is -4.65. The van der Waals surface area contributed by atoms with Crippen LogP contribution in [0.5, 0.6) is 11.5 Å². The number of ether oxygens (including phenoxy) is 2. The standard InChI is InChI=1S/C22H17FN4O7/c1-11(28)33-16-9-4-13(10-17(16)34-12(2)29)20(30)25-18-19(24)27(22(32)26(3)21(18)31)15-7-5-14(23)6-8-15/h4-10,24H,1-3H3/p+1. The second kappa shape index (κ2) is 9.40. The Morgan fingerprint density at radius 3 is 2.15 bits per heavy atom.